The van der Waals surface area contributed by atoms with E-state index in [1.165, 1.54) is 0 Å². The second kappa shape index (κ2) is 6.20. The highest BCUT2D eigenvalue weighted by atomic mass is 16.2. The fraction of sp³-hybridized carbons (Fsp3) is 0.765. The number of allylic oxidation sites excluding steroid dienone is 2. The van der Waals surface area contributed by atoms with Crippen molar-refractivity contribution in [3.05, 3.63) is 12.2 Å². The van der Waals surface area contributed by atoms with Gasteiger partial charge in [-0.1, -0.05) is 25.5 Å². The monoisotopic (exact) mass is 290 g/mol. The highest BCUT2D eigenvalue weighted by molar-refractivity contribution is 5.89. The van der Waals surface area contributed by atoms with Gasteiger partial charge in [0.15, 0.2) is 0 Å². The second-order valence-electron chi connectivity index (χ2n) is 6.66. The topological polar surface area (TPSA) is 49.4 Å². The molecular formula is C17H26N2O2. The lowest BCUT2D eigenvalue weighted by atomic mass is 9.71. The van der Waals surface area contributed by atoms with Crippen LogP contribution in [0.25, 0.3) is 0 Å². The molecule has 0 spiro atoms. The molecule has 1 heterocycles. The van der Waals surface area contributed by atoms with Crippen LogP contribution in [-0.4, -0.2) is 35.8 Å². The molecule has 0 aromatic heterocycles. The predicted octanol–water partition coefficient (Wildman–Crippen LogP) is 2.11. The molecule has 21 heavy (non-hydrogen) atoms. The van der Waals surface area contributed by atoms with Crippen LogP contribution < -0.4 is 5.32 Å². The van der Waals surface area contributed by atoms with Gasteiger partial charge in [0.25, 0.3) is 0 Å². The zero-order valence-corrected chi connectivity index (χ0v) is 12.9. The summed E-state index contributed by atoms with van der Waals surface area (Å²) in [6, 6.07) is 0.466. The summed E-state index contributed by atoms with van der Waals surface area (Å²) >= 11 is 0. The highest BCUT2D eigenvalue weighted by Crippen LogP contribution is 2.41. The van der Waals surface area contributed by atoms with E-state index in [0.717, 1.165) is 45.2 Å². The van der Waals surface area contributed by atoms with E-state index in [0.29, 0.717) is 12.5 Å². The Morgan fingerprint density at radius 3 is 2.90 bits per heavy atom. The number of hydrogen-bond donors (Lipinski definition) is 1. The molecule has 0 radical (unpaired) electrons. The largest absolute Gasteiger partial charge is 0.356 e. The predicted molar refractivity (Wildman–Crippen MR) is 81.5 cm³/mol. The number of rotatable bonds is 5. The number of likely N-dealkylation sites (tertiary alicyclic amines) is 1. The first-order valence-electron chi connectivity index (χ1n) is 8.47. The van der Waals surface area contributed by atoms with Gasteiger partial charge in [-0.15, -0.1) is 0 Å². The molecule has 3 aliphatic rings. The molecule has 0 unspecified atom stereocenters. The van der Waals surface area contributed by atoms with Crippen molar-refractivity contribution >= 4 is 11.8 Å². The van der Waals surface area contributed by atoms with E-state index in [9.17, 15) is 9.59 Å². The van der Waals surface area contributed by atoms with Crippen LogP contribution in [0.15, 0.2) is 12.2 Å². The van der Waals surface area contributed by atoms with E-state index in [-0.39, 0.29) is 29.6 Å². The minimum absolute atomic E-state index is 0.0776. The normalized spacial score (nSPS) is 32.0. The maximum absolute atomic E-state index is 12.8. The third-order valence-corrected chi connectivity index (χ3v) is 5.09. The fourth-order valence-electron chi connectivity index (χ4n) is 3.72. The van der Waals surface area contributed by atoms with Gasteiger partial charge < -0.3 is 10.2 Å². The Kier molecular flexibility index (Phi) is 4.32. The van der Waals surface area contributed by atoms with Gasteiger partial charge in [0, 0.05) is 19.1 Å². The molecule has 4 heteroatoms. The van der Waals surface area contributed by atoms with Crippen LogP contribution in [0.5, 0.6) is 0 Å². The van der Waals surface area contributed by atoms with Crippen molar-refractivity contribution < 1.29 is 9.59 Å². The lowest BCUT2D eigenvalue weighted by Crippen LogP contribution is -2.52. The molecule has 3 rings (SSSR count). The van der Waals surface area contributed by atoms with Gasteiger partial charge in [0.2, 0.25) is 11.8 Å². The van der Waals surface area contributed by atoms with Crippen LogP contribution in [0.2, 0.25) is 0 Å². The summed E-state index contributed by atoms with van der Waals surface area (Å²) in [4.78, 5) is 27.3. The summed E-state index contributed by atoms with van der Waals surface area (Å²) in [7, 11) is 0. The molecule has 2 aliphatic carbocycles. The van der Waals surface area contributed by atoms with E-state index >= 15 is 0 Å². The molecule has 3 atom stereocenters. The van der Waals surface area contributed by atoms with Crippen LogP contribution in [0, 0.1) is 17.8 Å². The first-order valence-corrected chi connectivity index (χ1v) is 8.47. The summed E-state index contributed by atoms with van der Waals surface area (Å²) in [5, 5.41) is 3.02. The third kappa shape index (κ3) is 2.99. The molecule has 2 amide bonds. The number of hydrogen-bond acceptors (Lipinski definition) is 2. The highest BCUT2D eigenvalue weighted by Gasteiger charge is 2.47. The van der Waals surface area contributed by atoms with Gasteiger partial charge in [-0.25, -0.2) is 0 Å². The number of amides is 2. The number of fused-ring (bicyclic) bond motifs is 1. The zero-order chi connectivity index (χ0) is 14.8. The number of carbonyl (C=O) groups is 2. The van der Waals surface area contributed by atoms with Crippen LogP contribution in [-0.2, 0) is 9.59 Å². The van der Waals surface area contributed by atoms with Gasteiger partial charge in [-0.05, 0) is 38.0 Å². The van der Waals surface area contributed by atoms with Crippen molar-refractivity contribution in [3.63, 3.8) is 0 Å². The molecule has 0 bridgehead atoms. The van der Waals surface area contributed by atoms with E-state index in [4.69, 9.17) is 0 Å². The van der Waals surface area contributed by atoms with Crippen molar-refractivity contribution in [1.82, 2.24) is 10.2 Å². The maximum Gasteiger partial charge on any atom is 0.227 e. The van der Waals surface area contributed by atoms with Gasteiger partial charge in [0.05, 0.1) is 11.8 Å². The molecule has 1 saturated heterocycles. The molecule has 0 aromatic rings. The molecule has 2 fully saturated rings. The molecule has 1 N–H and O–H groups in total. The standard InChI is InChI=1S/C17H26N2O2/c1-2-3-10-18-16(20)14-6-4-5-12-9-11-19(13-7-8-13)17(21)15(12)14/h4-5,12-15H,2-3,6-11H2,1H3,(H,18,20)/t12-,14-,15+/m1/s1. The van der Waals surface area contributed by atoms with Crippen molar-refractivity contribution in [2.75, 3.05) is 13.1 Å². The summed E-state index contributed by atoms with van der Waals surface area (Å²) in [5.74, 6) is 0.294. The minimum Gasteiger partial charge on any atom is -0.356 e. The lowest BCUT2D eigenvalue weighted by Gasteiger charge is -2.41. The summed E-state index contributed by atoms with van der Waals surface area (Å²) in [6.07, 6.45) is 10.4. The van der Waals surface area contributed by atoms with E-state index in [1.807, 2.05) is 4.90 Å². The Labute approximate surface area is 127 Å². The molecule has 1 aliphatic heterocycles. The van der Waals surface area contributed by atoms with Crippen molar-refractivity contribution in [2.24, 2.45) is 17.8 Å². The summed E-state index contributed by atoms with van der Waals surface area (Å²) in [6.45, 7) is 3.72. The Hall–Kier alpha value is -1.32. The third-order valence-electron chi connectivity index (χ3n) is 5.09. The Bertz CT molecular complexity index is 442. The maximum atomic E-state index is 12.8. The molecule has 4 nitrogen and oxygen atoms in total. The van der Waals surface area contributed by atoms with Gasteiger partial charge in [0.1, 0.15) is 0 Å². The average Bonchev–Trinajstić information content (AvgIpc) is 3.32. The summed E-state index contributed by atoms with van der Waals surface area (Å²) < 4.78 is 0. The average molecular weight is 290 g/mol. The number of unbranched alkanes of at least 4 members (excludes halogenated alkanes) is 1. The van der Waals surface area contributed by atoms with Gasteiger partial charge >= 0.3 is 0 Å². The number of nitrogens with zero attached hydrogens (tertiary/aromatic N) is 1. The fourth-order valence-corrected chi connectivity index (χ4v) is 3.72. The van der Waals surface area contributed by atoms with E-state index < -0.39 is 0 Å². The summed E-state index contributed by atoms with van der Waals surface area (Å²) in [5.41, 5.74) is 0. The van der Waals surface area contributed by atoms with Crippen molar-refractivity contribution in [2.45, 2.75) is 51.5 Å². The Morgan fingerprint density at radius 1 is 1.38 bits per heavy atom. The Morgan fingerprint density at radius 2 is 2.19 bits per heavy atom. The van der Waals surface area contributed by atoms with Crippen LogP contribution in [0.4, 0.5) is 0 Å². The van der Waals surface area contributed by atoms with Crippen molar-refractivity contribution in [3.8, 4) is 0 Å². The van der Waals surface area contributed by atoms with Crippen LogP contribution in [0.1, 0.15) is 45.4 Å². The molecule has 0 aromatic carbocycles. The Balaban J connectivity index is 1.69. The second-order valence-corrected chi connectivity index (χ2v) is 6.66. The SMILES string of the molecule is CCCCNC(=O)[C@@H]1CC=C[C@@H]2CCN(C3CC3)C(=O)[C@@H]21. The minimum atomic E-state index is -0.161. The zero-order valence-electron chi connectivity index (χ0n) is 12.9. The van der Waals surface area contributed by atoms with Gasteiger partial charge in [-0.2, -0.15) is 0 Å². The van der Waals surface area contributed by atoms with E-state index in [1.54, 1.807) is 0 Å². The molecule has 116 valence electrons. The van der Waals surface area contributed by atoms with Crippen LogP contribution >= 0.6 is 0 Å². The van der Waals surface area contributed by atoms with Gasteiger partial charge in [-0.3, -0.25) is 9.59 Å². The van der Waals surface area contributed by atoms with Crippen LogP contribution in [0.3, 0.4) is 0 Å². The lowest BCUT2D eigenvalue weighted by molar-refractivity contribution is -0.148. The molecular weight excluding hydrogens is 264 g/mol. The number of piperidine rings is 1. The number of carbonyl (C=O) groups excluding carboxylic acids is 2. The van der Waals surface area contributed by atoms with Crippen molar-refractivity contribution in [1.29, 1.82) is 0 Å². The number of nitrogens with one attached hydrogen (secondary N) is 1. The first-order chi connectivity index (χ1) is 10.2. The van der Waals surface area contributed by atoms with E-state index in [2.05, 4.69) is 24.4 Å². The first kappa shape index (κ1) is 14.6. The molecule has 1 saturated carbocycles. The quantitative estimate of drug-likeness (QED) is 0.623. The smallest absolute Gasteiger partial charge is 0.227 e.